The number of rotatable bonds is 5. The van der Waals surface area contributed by atoms with Crippen LogP contribution in [0.15, 0.2) is 41.3 Å². The molecule has 0 unspecified atom stereocenters. The number of methoxy groups -OCH3 is 1. The van der Waals surface area contributed by atoms with Crippen molar-refractivity contribution in [3.8, 4) is 5.75 Å². The van der Waals surface area contributed by atoms with Gasteiger partial charge in [-0.2, -0.15) is 0 Å². The Bertz CT molecular complexity index is 867. The molecule has 1 N–H and O–H groups in total. The van der Waals surface area contributed by atoms with Crippen molar-refractivity contribution in [1.29, 1.82) is 0 Å². The van der Waals surface area contributed by atoms with E-state index < -0.39 is 20.8 Å². The number of nitrogens with zero attached hydrogens (tertiary/aromatic N) is 1. The van der Waals surface area contributed by atoms with Crippen LogP contribution in [0.5, 0.6) is 5.75 Å². The van der Waals surface area contributed by atoms with Crippen LogP contribution in [0, 0.1) is 22.9 Å². The van der Waals surface area contributed by atoms with Gasteiger partial charge in [0.2, 0.25) is 0 Å². The SMILES string of the molecule is COc1ccc(S(=O)(=O)Nc2ccc([N+](=O)[O-])cc2C)cc1F. The van der Waals surface area contributed by atoms with Crippen molar-refractivity contribution >= 4 is 21.4 Å². The van der Waals surface area contributed by atoms with Crippen molar-refractivity contribution in [3.63, 3.8) is 0 Å². The second kappa shape index (κ2) is 6.21. The third-order valence-electron chi connectivity index (χ3n) is 3.10. The third-order valence-corrected chi connectivity index (χ3v) is 4.46. The Hall–Kier alpha value is -2.68. The highest BCUT2D eigenvalue weighted by atomic mass is 32.2. The van der Waals surface area contributed by atoms with Gasteiger partial charge in [-0.15, -0.1) is 0 Å². The molecule has 0 bridgehead atoms. The summed E-state index contributed by atoms with van der Waals surface area (Å²) in [5.74, 6) is -0.883. The minimum absolute atomic E-state index is 0.0736. The summed E-state index contributed by atoms with van der Waals surface area (Å²) in [6.45, 7) is 1.53. The highest BCUT2D eigenvalue weighted by molar-refractivity contribution is 7.92. The van der Waals surface area contributed by atoms with E-state index in [4.69, 9.17) is 4.74 Å². The Kier molecular flexibility index (Phi) is 4.50. The summed E-state index contributed by atoms with van der Waals surface area (Å²) in [5.41, 5.74) is 0.393. The van der Waals surface area contributed by atoms with Crippen LogP contribution in [0.2, 0.25) is 0 Å². The van der Waals surface area contributed by atoms with Crippen molar-refractivity contribution in [2.24, 2.45) is 0 Å². The lowest BCUT2D eigenvalue weighted by molar-refractivity contribution is -0.384. The zero-order valence-electron chi connectivity index (χ0n) is 12.2. The molecule has 0 radical (unpaired) electrons. The molecule has 23 heavy (non-hydrogen) atoms. The summed E-state index contributed by atoms with van der Waals surface area (Å²) in [5, 5.41) is 10.7. The van der Waals surface area contributed by atoms with E-state index in [0.29, 0.717) is 5.56 Å². The predicted molar refractivity (Wildman–Crippen MR) is 81.6 cm³/mol. The first-order valence-electron chi connectivity index (χ1n) is 6.36. The van der Waals surface area contributed by atoms with E-state index in [1.165, 1.54) is 44.4 Å². The Morgan fingerprint density at radius 1 is 1.22 bits per heavy atom. The van der Waals surface area contributed by atoms with E-state index in [-0.39, 0.29) is 22.0 Å². The number of sulfonamides is 1. The average Bonchev–Trinajstić information content (AvgIpc) is 2.48. The fourth-order valence-electron chi connectivity index (χ4n) is 1.89. The monoisotopic (exact) mass is 340 g/mol. The lowest BCUT2D eigenvalue weighted by Crippen LogP contribution is -2.14. The van der Waals surface area contributed by atoms with Gasteiger partial charge >= 0.3 is 0 Å². The molecule has 0 saturated heterocycles. The topological polar surface area (TPSA) is 98.5 Å². The Morgan fingerprint density at radius 2 is 1.91 bits per heavy atom. The molecule has 0 spiro atoms. The van der Waals surface area contributed by atoms with Gasteiger partial charge in [0.25, 0.3) is 15.7 Å². The second-order valence-corrected chi connectivity index (χ2v) is 6.34. The van der Waals surface area contributed by atoms with Crippen molar-refractivity contribution in [2.75, 3.05) is 11.8 Å². The first kappa shape index (κ1) is 16.7. The number of anilines is 1. The summed E-state index contributed by atoms with van der Waals surface area (Å²) >= 11 is 0. The minimum atomic E-state index is -4.03. The van der Waals surface area contributed by atoms with Crippen LogP contribution < -0.4 is 9.46 Å². The Morgan fingerprint density at radius 3 is 2.43 bits per heavy atom. The van der Waals surface area contributed by atoms with Crippen molar-refractivity contribution in [1.82, 2.24) is 0 Å². The zero-order chi connectivity index (χ0) is 17.2. The predicted octanol–water partition coefficient (Wildman–Crippen LogP) is 2.85. The number of benzene rings is 2. The maximum atomic E-state index is 13.6. The molecular formula is C14H13FN2O5S. The van der Waals surface area contributed by atoms with Gasteiger partial charge in [0.15, 0.2) is 11.6 Å². The summed E-state index contributed by atoms with van der Waals surface area (Å²) in [7, 11) is -2.76. The molecule has 0 atom stereocenters. The van der Waals surface area contributed by atoms with E-state index in [2.05, 4.69) is 4.72 Å². The van der Waals surface area contributed by atoms with Crippen LogP contribution in [0.1, 0.15) is 5.56 Å². The number of halogens is 1. The normalized spacial score (nSPS) is 11.1. The summed E-state index contributed by atoms with van der Waals surface area (Å²) < 4.78 is 45.2. The van der Waals surface area contributed by atoms with Gasteiger partial charge in [-0.05, 0) is 36.8 Å². The van der Waals surface area contributed by atoms with Crippen LogP contribution in [0.4, 0.5) is 15.8 Å². The average molecular weight is 340 g/mol. The molecule has 0 heterocycles. The van der Waals surface area contributed by atoms with Gasteiger partial charge in [0.05, 0.1) is 22.6 Å². The van der Waals surface area contributed by atoms with Crippen LogP contribution in [-0.4, -0.2) is 20.5 Å². The number of ether oxygens (including phenoxy) is 1. The lowest BCUT2D eigenvalue weighted by Gasteiger charge is -2.11. The van der Waals surface area contributed by atoms with Crippen LogP contribution in [0.3, 0.4) is 0 Å². The molecule has 2 rings (SSSR count). The maximum absolute atomic E-state index is 13.6. The van der Waals surface area contributed by atoms with Gasteiger partial charge < -0.3 is 4.74 Å². The van der Waals surface area contributed by atoms with Crippen LogP contribution in [0.25, 0.3) is 0 Å². The van der Waals surface area contributed by atoms with Gasteiger partial charge in [-0.3, -0.25) is 14.8 Å². The number of hydrogen-bond acceptors (Lipinski definition) is 5. The Labute approximate surface area is 131 Å². The Balaban J connectivity index is 2.35. The molecular weight excluding hydrogens is 327 g/mol. The molecule has 0 aliphatic carbocycles. The zero-order valence-corrected chi connectivity index (χ0v) is 13.1. The van der Waals surface area contributed by atoms with Gasteiger partial charge in [0, 0.05) is 12.1 Å². The van der Waals surface area contributed by atoms with E-state index >= 15 is 0 Å². The number of nitro groups is 1. The molecule has 9 heteroatoms. The number of nitrogens with one attached hydrogen (secondary N) is 1. The quantitative estimate of drug-likeness (QED) is 0.666. The number of nitro benzene ring substituents is 1. The third kappa shape index (κ3) is 3.57. The van der Waals surface area contributed by atoms with E-state index in [9.17, 15) is 22.9 Å². The molecule has 0 fully saturated rings. The van der Waals surface area contributed by atoms with Crippen molar-refractivity contribution in [2.45, 2.75) is 11.8 Å². The molecule has 2 aromatic carbocycles. The summed E-state index contributed by atoms with van der Waals surface area (Å²) in [4.78, 5) is 9.82. The number of hydrogen-bond donors (Lipinski definition) is 1. The fourth-order valence-corrected chi connectivity index (χ4v) is 3.04. The largest absolute Gasteiger partial charge is 0.494 e. The fraction of sp³-hybridized carbons (Fsp3) is 0.143. The first-order valence-corrected chi connectivity index (χ1v) is 7.84. The van der Waals surface area contributed by atoms with Crippen molar-refractivity contribution < 1.29 is 22.5 Å². The second-order valence-electron chi connectivity index (χ2n) is 4.66. The molecule has 0 amide bonds. The van der Waals surface area contributed by atoms with Crippen LogP contribution in [-0.2, 0) is 10.0 Å². The molecule has 2 aromatic rings. The number of aryl methyl sites for hydroxylation is 1. The standard InChI is InChI=1S/C14H13FN2O5S/c1-9-7-10(17(18)19)3-5-13(9)16-23(20,21)11-4-6-14(22-2)12(15)8-11/h3-8,16H,1-2H3. The van der Waals surface area contributed by atoms with E-state index in [1.807, 2.05) is 0 Å². The van der Waals surface area contributed by atoms with Crippen LogP contribution >= 0.6 is 0 Å². The van der Waals surface area contributed by atoms with Gasteiger partial charge in [-0.1, -0.05) is 0 Å². The number of non-ortho nitro benzene ring substituents is 1. The molecule has 0 saturated carbocycles. The first-order chi connectivity index (χ1) is 10.7. The van der Waals surface area contributed by atoms with E-state index in [0.717, 1.165) is 6.07 Å². The summed E-state index contributed by atoms with van der Waals surface area (Å²) in [6.07, 6.45) is 0. The molecule has 0 aliphatic heterocycles. The van der Waals surface area contributed by atoms with Gasteiger partial charge in [-0.25, -0.2) is 12.8 Å². The van der Waals surface area contributed by atoms with E-state index in [1.54, 1.807) is 0 Å². The highest BCUT2D eigenvalue weighted by Gasteiger charge is 2.18. The van der Waals surface area contributed by atoms with Gasteiger partial charge in [0.1, 0.15) is 0 Å². The molecule has 122 valence electrons. The smallest absolute Gasteiger partial charge is 0.269 e. The minimum Gasteiger partial charge on any atom is -0.494 e. The summed E-state index contributed by atoms with van der Waals surface area (Å²) in [6, 6.07) is 6.94. The molecule has 7 nitrogen and oxygen atoms in total. The molecule has 0 aliphatic rings. The highest BCUT2D eigenvalue weighted by Crippen LogP contribution is 2.26. The molecule has 0 aromatic heterocycles. The van der Waals surface area contributed by atoms with Crippen molar-refractivity contribution in [3.05, 3.63) is 57.9 Å². The lowest BCUT2D eigenvalue weighted by atomic mass is 10.2. The maximum Gasteiger partial charge on any atom is 0.269 e.